The monoisotopic (exact) mass is 181 g/mol. The Balaban J connectivity index is 2.09. The van der Waals surface area contributed by atoms with Gasteiger partial charge in [-0.05, 0) is 30.7 Å². The molecule has 0 spiro atoms. The Morgan fingerprint density at radius 2 is 2.17 bits per heavy atom. The fraction of sp³-hybridized carbons (Fsp3) is 0.444. The fourth-order valence-corrected chi connectivity index (χ4v) is 2.64. The summed E-state index contributed by atoms with van der Waals surface area (Å²) in [5.74, 6) is 1.38. The van der Waals surface area contributed by atoms with E-state index in [4.69, 9.17) is 0 Å². The standard InChI is InChI=1S/C9H11NOS/c11-9(8-4-3-7-12-8)10-5-1-2-6-10/h1-2,5-6,8H,3-4,7H2. The molecule has 1 unspecified atom stereocenters. The topological polar surface area (TPSA) is 22.0 Å². The number of carbonyl (C=O) groups is 1. The third-order valence-electron chi connectivity index (χ3n) is 2.06. The zero-order valence-electron chi connectivity index (χ0n) is 6.77. The van der Waals surface area contributed by atoms with E-state index in [1.165, 1.54) is 6.42 Å². The second kappa shape index (κ2) is 3.35. The van der Waals surface area contributed by atoms with Crippen molar-refractivity contribution in [3.63, 3.8) is 0 Å². The van der Waals surface area contributed by atoms with Crippen molar-refractivity contribution in [2.75, 3.05) is 5.75 Å². The molecule has 12 heavy (non-hydrogen) atoms. The number of rotatable bonds is 1. The van der Waals surface area contributed by atoms with Gasteiger partial charge in [-0.25, -0.2) is 0 Å². The minimum Gasteiger partial charge on any atom is -0.294 e. The molecular weight excluding hydrogens is 170 g/mol. The first-order valence-electron chi connectivity index (χ1n) is 4.17. The van der Waals surface area contributed by atoms with Crippen molar-refractivity contribution in [1.29, 1.82) is 0 Å². The summed E-state index contributed by atoms with van der Waals surface area (Å²) in [6, 6.07) is 3.77. The molecule has 0 aromatic carbocycles. The smallest absolute Gasteiger partial charge is 0.243 e. The Morgan fingerprint density at radius 1 is 1.42 bits per heavy atom. The summed E-state index contributed by atoms with van der Waals surface area (Å²) in [7, 11) is 0. The van der Waals surface area contributed by atoms with E-state index in [0.29, 0.717) is 0 Å². The van der Waals surface area contributed by atoms with Crippen LogP contribution in [-0.4, -0.2) is 21.5 Å². The number of aromatic nitrogens is 1. The highest BCUT2D eigenvalue weighted by molar-refractivity contribution is 8.00. The quantitative estimate of drug-likeness (QED) is 0.661. The molecule has 0 radical (unpaired) electrons. The van der Waals surface area contributed by atoms with Gasteiger partial charge in [-0.3, -0.25) is 9.36 Å². The molecule has 1 aliphatic rings. The summed E-state index contributed by atoms with van der Waals surface area (Å²) >= 11 is 1.78. The van der Waals surface area contributed by atoms with Crippen molar-refractivity contribution in [2.45, 2.75) is 18.1 Å². The van der Waals surface area contributed by atoms with Gasteiger partial charge in [0.1, 0.15) is 0 Å². The van der Waals surface area contributed by atoms with E-state index in [1.54, 1.807) is 16.3 Å². The minimum atomic E-state index is 0.206. The average molecular weight is 181 g/mol. The predicted molar refractivity (Wildman–Crippen MR) is 50.5 cm³/mol. The van der Waals surface area contributed by atoms with Gasteiger partial charge >= 0.3 is 0 Å². The Labute approximate surface area is 76.0 Å². The third-order valence-corrected chi connectivity index (χ3v) is 3.43. The maximum atomic E-state index is 11.7. The van der Waals surface area contributed by atoms with Crippen LogP contribution in [0.2, 0.25) is 0 Å². The van der Waals surface area contributed by atoms with Crippen molar-refractivity contribution in [3.05, 3.63) is 24.5 Å². The molecule has 1 fully saturated rings. The van der Waals surface area contributed by atoms with Crippen molar-refractivity contribution in [1.82, 2.24) is 4.57 Å². The Kier molecular flexibility index (Phi) is 2.21. The van der Waals surface area contributed by atoms with Gasteiger partial charge in [0.2, 0.25) is 5.91 Å². The van der Waals surface area contributed by atoms with Crippen LogP contribution < -0.4 is 0 Å². The largest absolute Gasteiger partial charge is 0.294 e. The van der Waals surface area contributed by atoms with E-state index < -0.39 is 0 Å². The minimum absolute atomic E-state index is 0.206. The second-order valence-corrected chi connectivity index (χ2v) is 4.24. The summed E-state index contributed by atoms with van der Waals surface area (Å²) < 4.78 is 1.68. The summed E-state index contributed by atoms with van der Waals surface area (Å²) in [6.07, 6.45) is 5.87. The highest BCUT2D eigenvalue weighted by Gasteiger charge is 2.23. The predicted octanol–water partition coefficient (Wildman–Crippen LogP) is 2.02. The van der Waals surface area contributed by atoms with Crippen LogP contribution in [0.4, 0.5) is 0 Å². The van der Waals surface area contributed by atoms with Gasteiger partial charge in [-0.2, -0.15) is 0 Å². The molecule has 2 rings (SSSR count). The second-order valence-electron chi connectivity index (χ2n) is 2.93. The molecule has 1 aromatic rings. The third kappa shape index (κ3) is 1.41. The van der Waals surface area contributed by atoms with Crippen LogP contribution in [0.1, 0.15) is 17.6 Å². The van der Waals surface area contributed by atoms with Crippen molar-refractivity contribution < 1.29 is 4.79 Å². The lowest BCUT2D eigenvalue weighted by atomic mass is 10.2. The number of nitrogens with zero attached hydrogens (tertiary/aromatic N) is 1. The van der Waals surface area contributed by atoms with Gasteiger partial charge in [0.15, 0.2) is 0 Å². The molecule has 0 bridgehead atoms. The van der Waals surface area contributed by atoms with Crippen LogP contribution >= 0.6 is 11.8 Å². The maximum Gasteiger partial charge on any atom is 0.243 e. The van der Waals surface area contributed by atoms with E-state index in [-0.39, 0.29) is 11.2 Å². The van der Waals surface area contributed by atoms with Crippen LogP contribution in [-0.2, 0) is 0 Å². The van der Waals surface area contributed by atoms with Crippen molar-refractivity contribution in [2.24, 2.45) is 0 Å². The van der Waals surface area contributed by atoms with Crippen LogP contribution in [0.25, 0.3) is 0 Å². The molecule has 64 valence electrons. The van der Waals surface area contributed by atoms with E-state index in [2.05, 4.69) is 0 Å². The number of thioether (sulfide) groups is 1. The molecule has 1 atom stereocenters. The summed E-state index contributed by atoms with van der Waals surface area (Å²) in [5.41, 5.74) is 0. The summed E-state index contributed by atoms with van der Waals surface area (Å²) in [4.78, 5) is 11.7. The first-order chi connectivity index (χ1) is 5.88. The zero-order chi connectivity index (χ0) is 8.39. The average Bonchev–Trinajstić information content (AvgIpc) is 2.77. The summed E-state index contributed by atoms with van der Waals surface area (Å²) in [5, 5.41) is 0.206. The molecular formula is C9H11NOS. The number of hydrogen-bond donors (Lipinski definition) is 0. The molecule has 0 saturated carbocycles. The van der Waals surface area contributed by atoms with E-state index in [1.807, 2.05) is 24.5 Å². The number of hydrogen-bond acceptors (Lipinski definition) is 2. The van der Waals surface area contributed by atoms with Crippen molar-refractivity contribution in [3.8, 4) is 0 Å². The van der Waals surface area contributed by atoms with Crippen LogP contribution in [0, 0.1) is 0 Å². The molecule has 2 nitrogen and oxygen atoms in total. The Bertz CT molecular complexity index is 262. The van der Waals surface area contributed by atoms with Gasteiger partial charge in [-0.1, -0.05) is 0 Å². The van der Waals surface area contributed by atoms with E-state index >= 15 is 0 Å². The Hall–Kier alpha value is -0.700. The molecule has 1 aromatic heterocycles. The van der Waals surface area contributed by atoms with Crippen molar-refractivity contribution >= 4 is 17.7 Å². The van der Waals surface area contributed by atoms with Crippen LogP contribution in [0.15, 0.2) is 24.5 Å². The molecule has 0 aliphatic carbocycles. The lowest BCUT2D eigenvalue weighted by Crippen LogP contribution is -2.20. The molecule has 0 N–H and O–H groups in total. The maximum absolute atomic E-state index is 11.7. The SMILES string of the molecule is O=C(C1CCCS1)n1cccc1. The molecule has 1 aliphatic heterocycles. The molecule has 1 saturated heterocycles. The first kappa shape index (κ1) is 7.92. The highest BCUT2D eigenvalue weighted by Crippen LogP contribution is 2.27. The van der Waals surface area contributed by atoms with E-state index in [0.717, 1.165) is 12.2 Å². The van der Waals surface area contributed by atoms with Crippen LogP contribution in [0.3, 0.4) is 0 Å². The van der Waals surface area contributed by atoms with Gasteiger partial charge < -0.3 is 0 Å². The lowest BCUT2D eigenvalue weighted by Gasteiger charge is -2.06. The lowest BCUT2D eigenvalue weighted by molar-refractivity contribution is 0.0909. The number of carbonyl (C=O) groups excluding carboxylic acids is 1. The van der Waals surface area contributed by atoms with Gasteiger partial charge in [0.05, 0.1) is 5.25 Å². The normalized spacial score (nSPS) is 22.8. The summed E-state index contributed by atoms with van der Waals surface area (Å²) in [6.45, 7) is 0. The van der Waals surface area contributed by atoms with Gasteiger partial charge in [-0.15, -0.1) is 11.8 Å². The molecule has 3 heteroatoms. The highest BCUT2D eigenvalue weighted by atomic mass is 32.2. The van der Waals surface area contributed by atoms with Gasteiger partial charge in [0, 0.05) is 12.4 Å². The zero-order valence-corrected chi connectivity index (χ0v) is 7.59. The van der Waals surface area contributed by atoms with Gasteiger partial charge in [0.25, 0.3) is 0 Å². The first-order valence-corrected chi connectivity index (χ1v) is 5.21. The Morgan fingerprint density at radius 3 is 2.75 bits per heavy atom. The molecule has 0 amide bonds. The van der Waals surface area contributed by atoms with E-state index in [9.17, 15) is 4.79 Å². The van der Waals surface area contributed by atoms with Crippen LogP contribution in [0.5, 0.6) is 0 Å². The fourth-order valence-electron chi connectivity index (χ4n) is 1.42. The molecule has 2 heterocycles.